The van der Waals surface area contributed by atoms with E-state index in [1.807, 2.05) is 12.1 Å². The number of hydrogen-bond donors (Lipinski definition) is 1. The predicted octanol–water partition coefficient (Wildman–Crippen LogP) is 4.92. The van der Waals surface area contributed by atoms with Crippen LogP contribution in [0.4, 0.5) is 4.39 Å². The number of fused-ring (bicyclic) bond motifs is 1. The van der Waals surface area contributed by atoms with Crippen molar-refractivity contribution in [2.75, 3.05) is 0 Å². The van der Waals surface area contributed by atoms with Crippen molar-refractivity contribution >= 4 is 16.9 Å². The molecule has 124 valence electrons. The first-order valence-electron chi connectivity index (χ1n) is 8.29. The van der Waals surface area contributed by atoms with Crippen LogP contribution in [0.15, 0.2) is 71.8 Å². The van der Waals surface area contributed by atoms with Crippen molar-refractivity contribution in [2.45, 2.75) is 13.3 Å². The maximum absolute atomic E-state index is 13.4. The van der Waals surface area contributed by atoms with E-state index in [-0.39, 0.29) is 23.3 Å². The first-order chi connectivity index (χ1) is 12.0. The molecule has 0 spiro atoms. The van der Waals surface area contributed by atoms with Gasteiger partial charge >= 0.3 is 0 Å². The molecule has 2 aromatic rings. The van der Waals surface area contributed by atoms with Gasteiger partial charge in [0.25, 0.3) is 0 Å². The third kappa shape index (κ3) is 2.72. The summed E-state index contributed by atoms with van der Waals surface area (Å²) in [5.41, 5.74) is 5.85. The highest BCUT2D eigenvalue weighted by Gasteiger charge is 2.31. The van der Waals surface area contributed by atoms with Gasteiger partial charge in [-0.3, -0.25) is 4.79 Å². The molecule has 0 amide bonds. The zero-order valence-electron chi connectivity index (χ0n) is 13.8. The van der Waals surface area contributed by atoms with Crippen molar-refractivity contribution in [3.8, 4) is 5.75 Å². The monoisotopic (exact) mass is 332 g/mol. The van der Waals surface area contributed by atoms with E-state index in [0.29, 0.717) is 6.42 Å². The fraction of sp³-hybridized carbons (Fsp3) is 0.136. The van der Waals surface area contributed by atoms with Crippen LogP contribution in [-0.2, 0) is 4.79 Å². The van der Waals surface area contributed by atoms with Gasteiger partial charge in [-0.25, -0.2) is 4.39 Å². The van der Waals surface area contributed by atoms with Gasteiger partial charge in [0, 0.05) is 6.42 Å². The summed E-state index contributed by atoms with van der Waals surface area (Å²) in [5, 5.41) is 9.57. The van der Waals surface area contributed by atoms with Gasteiger partial charge in [0.15, 0.2) is 5.78 Å². The van der Waals surface area contributed by atoms with Crippen LogP contribution in [0, 0.1) is 11.7 Å². The van der Waals surface area contributed by atoms with Gasteiger partial charge < -0.3 is 5.11 Å². The highest BCUT2D eigenvalue weighted by Crippen LogP contribution is 2.47. The van der Waals surface area contributed by atoms with E-state index >= 15 is 0 Å². The molecule has 0 heterocycles. The zero-order valence-corrected chi connectivity index (χ0v) is 13.8. The molecule has 1 atom stereocenters. The van der Waals surface area contributed by atoms with Crippen LogP contribution < -0.4 is 0 Å². The van der Waals surface area contributed by atoms with Gasteiger partial charge in [0.1, 0.15) is 11.6 Å². The molecular formula is C22H17FO2. The Morgan fingerprint density at radius 2 is 1.60 bits per heavy atom. The third-order valence-corrected chi connectivity index (χ3v) is 4.80. The molecule has 2 aliphatic carbocycles. The normalized spacial score (nSPS) is 19.6. The Morgan fingerprint density at radius 1 is 0.960 bits per heavy atom. The fourth-order valence-corrected chi connectivity index (χ4v) is 3.59. The van der Waals surface area contributed by atoms with Crippen LogP contribution in [0.5, 0.6) is 5.75 Å². The van der Waals surface area contributed by atoms with Gasteiger partial charge in [-0.05, 0) is 75.8 Å². The zero-order chi connectivity index (χ0) is 17.6. The number of aromatic hydroxyl groups is 1. The van der Waals surface area contributed by atoms with Crippen molar-refractivity contribution < 1.29 is 14.3 Å². The lowest BCUT2D eigenvalue weighted by Gasteiger charge is -2.21. The largest absolute Gasteiger partial charge is 0.508 e. The highest BCUT2D eigenvalue weighted by atomic mass is 19.1. The third-order valence-electron chi connectivity index (χ3n) is 4.80. The van der Waals surface area contributed by atoms with Crippen molar-refractivity contribution in [3.05, 3.63) is 88.8 Å². The van der Waals surface area contributed by atoms with Gasteiger partial charge in [-0.2, -0.15) is 0 Å². The number of carbonyl (C=O) groups excluding carboxylic acids is 1. The highest BCUT2D eigenvalue weighted by molar-refractivity contribution is 6.12. The van der Waals surface area contributed by atoms with Crippen LogP contribution in [0.1, 0.15) is 24.5 Å². The quantitative estimate of drug-likeness (QED) is 0.848. The van der Waals surface area contributed by atoms with E-state index in [2.05, 4.69) is 13.0 Å². The number of phenols is 1. The van der Waals surface area contributed by atoms with Gasteiger partial charge in [-0.15, -0.1) is 0 Å². The first-order valence-corrected chi connectivity index (χ1v) is 8.29. The molecule has 2 aliphatic rings. The Hall–Kier alpha value is -2.94. The molecule has 4 rings (SSSR count). The van der Waals surface area contributed by atoms with E-state index < -0.39 is 0 Å². The average molecular weight is 332 g/mol. The number of hydrogen-bond acceptors (Lipinski definition) is 2. The number of rotatable bonds is 2. The SMILES string of the molecule is CC1CC(=O)C=C2C1=CC(c1ccc(O)cc1)=C2c1ccc(F)cc1. The molecule has 0 radical (unpaired) electrons. The molecule has 2 nitrogen and oxygen atoms in total. The van der Waals surface area contributed by atoms with E-state index in [9.17, 15) is 14.3 Å². The van der Waals surface area contributed by atoms with E-state index in [0.717, 1.165) is 33.4 Å². The molecule has 1 N–H and O–H groups in total. The molecule has 1 unspecified atom stereocenters. The molecule has 0 saturated heterocycles. The Balaban J connectivity index is 1.95. The topological polar surface area (TPSA) is 37.3 Å². The second-order valence-corrected chi connectivity index (χ2v) is 6.57. The smallest absolute Gasteiger partial charge is 0.156 e. The number of ketones is 1. The lowest BCUT2D eigenvalue weighted by molar-refractivity contribution is -0.115. The first kappa shape index (κ1) is 15.6. The molecule has 3 heteroatoms. The molecule has 0 aliphatic heterocycles. The summed E-state index contributed by atoms with van der Waals surface area (Å²) < 4.78 is 13.4. The predicted molar refractivity (Wildman–Crippen MR) is 96.3 cm³/mol. The molecule has 25 heavy (non-hydrogen) atoms. The van der Waals surface area contributed by atoms with Gasteiger partial charge in [-0.1, -0.05) is 31.2 Å². The standard InChI is InChI=1S/C22H17FO2/c1-13-10-18(25)11-21-19(13)12-20(14-4-8-17(24)9-5-14)22(21)15-2-6-16(23)7-3-15/h2-9,11-13,24H,10H2,1H3. The second kappa shape index (κ2) is 5.85. The van der Waals surface area contributed by atoms with Crippen molar-refractivity contribution in [1.29, 1.82) is 0 Å². The maximum Gasteiger partial charge on any atom is 0.156 e. The number of halogens is 1. The van der Waals surface area contributed by atoms with Crippen LogP contribution in [0.3, 0.4) is 0 Å². The van der Waals surface area contributed by atoms with Crippen LogP contribution in [0.2, 0.25) is 0 Å². The summed E-state index contributed by atoms with van der Waals surface area (Å²) in [4.78, 5) is 12.1. The Morgan fingerprint density at radius 3 is 2.28 bits per heavy atom. The number of carbonyl (C=O) groups is 1. The minimum Gasteiger partial charge on any atom is -0.508 e. The molecule has 0 aromatic heterocycles. The summed E-state index contributed by atoms with van der Waals surface area (Å²) in [6.45, 7) is 2.05. The van der Waals surface area contributed by atoms with Crippen LogP contribution in [-0.4, -0.2) is 10.9 Å². The summed E-state index contributed by atoms with van der Waals surface area (Å²) >= 11 is 0. The molecule has 0 saturated carbocycles. The minimum atomic E-state index is -0.288. The molecular weight excluding hydrogens is 315 g/mol. The summed E-state index contributed by atoms with van der Waals surface area (Å²) in [5.74, 6) is 0.186. The lowest BCUT2D eigenvalue weighted by atomic mass is 9.82. The van der Waals surface area contributed by atoms with Crippen molar-refractivity contribution in [1.82, 2.24) is 0 Å². The Kier molecular flexibility index (Phi) is 3.65. The lowest BCUT2D eigenvalue weighted by Crippen LogP contribution is -2.13. The van der Waals surface area contributed by atoms with Crippen LogP contribution >= 0.6 is 0 Å². The second-order valence-electron chi connectivity index (χ2n) is 6.57. The summed E-state index contributed by atoms with van der Waals surface area (Å²) in [7, 11) is 0. The maximum atomic E-state index is 13.4. The minimum absolute atomic E-state index is 0.117. The fourth-order valence-electron chi connectivity index (χ4n) is 3.59. The molecule has 0 fully saturated rings. The van der Waals surface area contributed by atoms with E-state index in [1.54, 1.807) is 30.3 Å². The summed E-state index contributed by atoms with van der Waals surface area (Å²) in [6, 6.07) is 13.4. The van der Waals surface area contributed by atoms with Crippen molar-refractivity contribution in [2.24, 2.45) is 5.92 Å². The Bertz CT molecular complexity index is 945. The number of allylic oxidation sites excluding steroid dienone is 6. The van der Waals surface area contributed by atoms with Gasteiger partial charge in [0.05, 0.1) is 0 Å². The molecule has 0 bridgehead atoms. The van der Waals surface area contributed by atoms with E-state index in [1.165, 1.54) is 12.1 Å². The summed E-state index contributed by atoms with van der Waals surface area (Å²) in [6.07, 6.45) is 4.33. The van der Waals surface area contributed by atoms with Crippen molar-refractivity contribution in [3.63, 3.8) is 0 Å². The average Bonchev–Trinajstić information content (AvgIpc) is 2.96. The number of phenolic OH excluding ortho intramolecular Hbond substituents is 1. The molecule has 2 aromatic carbocycles. The van der Waals surface area contributed by atoms with Crippen LogP contribution in [0.25, 0.3) is 11.1 Å². The number of benzene rings is 2. The Labute approximate surface area is 145 Å². The van der Waals surface area contributed by atoms with E-state index in [4.69, 9.17) is 0 Å². The van der Waals surface area contributed by atoms with Gasteiger partial charge in [0.2, 0.25) is 0 Å².